The maximum Gasteiger partial charge on any atom is 0.309 e. The molecule has 0 aromatic heterocycles. The average molecular weight is 360 g/mol. The molecule has 4 fully saturated rings. The predicted molar refractivity (Wildman–Crippen MR) is 98.5 cm³/mol. The molecule has 1 N–H and O–H groups in total. The highest BCUT2D eigenvalue weighted by Crippen LogP contribution is 2.73. The number of hydrogen-bond acceptors (Lipinski definition) is 3. The van der Waals surface area contributed by atoms with Crippen LogP contribution >= 0.6 is 0 Å². The highest BCUT2D eigenvalue weighted by atomic mass is 16.6. The van der Waals surface area contributed by atoms with Gasteiger partial charge in [0.2, 0.25) is 0 Å². The van der Waals surface area contributed by atoms with Gasteiger partial charge in [0.1, 0.15) is 5.60 Å². The van der Waals surface area contributed by atoms with E-state index in [1.807, 2.05) is 6.92 Å². The lowest BCUT2D eigenvalue weighted by atomic mass is 9.41. The number of ether oxygens (including phenoxy) is 1. The van der Waals surface area contributed by atoms with E-state index < -0.39 is 17.0 Å². The Bertz CT molecular complexity index is 684. The van der Waals surface area contributed by atoms with E-state index in [0.717, 1.165) is 63.4 Å². The van der Waals surface area contributed by atoms with Gasteiger partial charge in [0, 0.05) is 6.92 Å². The summed E-state index contributed by atoms with van der Waals surface area (Å²) < 4.78 is 5.84. The van der Waals surface area contributed by atoms with Crippen LogP contribution in [0.15, 0.2) is 12.2 Å². The van der Waals surface area contributed by atoms with Crippen LogP contribution in [0.25, 0.3) is 0 Å². The molecule has 0 aromatic carbocycles. The summed E-state index contributed by atoms with van der Waals surface area (Å²) in [6.45, 7) is 10.2. The van der Waals surface area contributed by atoms with Crippen molar-refractivity contribution < 1.29 is 19.4 Å². The number of carboxylic acids is 1. The van der Waals surface area contributed by atoms with Gasteiger partial charge in [-0.1, -0.05) is 19.9 Å². The minimum atomic E-state index is -0.620. The molecular weight excluding hydrogens is 328 g/mol. The monoisotopic (exact) mass is 360 g/mol. The first-order valence-electron chi connectivity index (χ1n) is 10.2. The van der Waals surface area contributed by atoms with Crippen molar-refractivity contribution in [2.75, 3.05) is 0 Å². The quantitative estimate of drug-likeness (QED) is 0.571. The van der Waals surface area contributed by atoms with E-state index in [0.29, 0.717) is 5.92 Å². The van der Waals surface area contributed by atoms with Crippen LogP contribution in [0, 0.1) is 28.1 Å². The summed E-state index contributed by atoms with van der Waals surface area (Å²) in [5.41, 5.74) is 0.239. The van der Waals surface area contributed by atoms with Gasteiger partial charge in [-0.2, -0.15) is 0 Å². The molecule has 4 rings (SSSR count). The fourth-order valence-electron chi connectivity index (χ4n) is 8.02. The van der Waals surface area contributed by atoms with Crippen LogP contribution in [0.3, 0.4) is 0 Å². The summed E-state index contributed by atoms with van der Waals surface area (Å²) in [5, 5.41) is 9.99. The molecule has 0 radical (unpaired) electrons. The Hall–Kier alpha value is -1.32. The van der Waals surface area contributed by atoms with Crippen molar-refractivity contribution >= 4 is 11.9 Å². The third-order valence-corrected chi connectivity index (χ3v) is 8.95. The number of rotatable bonds is 2. The Balaban J connectivity index is 1.71. The van der Waals surface area contributed by atoms with Crippen LogP contribution in [-0.4, -0.2) is 22.6 Å². The predicted octanol–water partition coefficient (Wildman–Crippen LogP) is 4.73. The normalized spacial score (nSPS) is 49.9. The van der Waals surface area contributed by atoms with Gasteiger partial charge in [0.15, 0.2) is 0 Å². The fourth-order valence-corrected chi connectivity index (χ4v) is 8.02. The molecule has 4 aliphatic rings. The molecule has 0 saturated heterocycles. The van der Waals surface area contributed by atoms with Crippen LogP contribution in [0.4, 0.5) is 0 Å². The highest BCUT2D eigenvalue weighted by molar-refractivity contribution is 5.75. The summed E-state index contributed by atoms with van der Waals surface area (Å²) in [5.74, 6) is -0.0782. The number of carbonyl (C=O) groups excluding carboxylic acids is 1. The topological polar surface area (TPSA) is 63.6 Å². The summed E-state index contributed by atoms with van der Waals surface area (Å²) in [6.07, 6.45) is 8.65. The van der Waals surface area contributed by atoms with Gasteiger partial charge in [-0.25, -0.2) is 0 Å². The van der Waals surface area contributed by atoms with Gasteiger partial charge in [-0.15, -0.1) is 0 Å². The van der Waals surface area contributed by atoms with Crippen LogP contribution in [0.1, 0.15) is 78.6 Å². The zero-order valence-electron chi connectivity index (χ0n) is 16.4. The van der Waals surface area contributed by atoms with E-state index in [4.69, 9.17) is 4.74 Å². The van der Waals surface area contributed by atoms with Crippen molar-refractivity contribution in [3.63, 3.8) is 0 Å². The molecule has 6 atom stereocenters. The third-order valence-electron chi connectivity index (χ3n) is 8.95. The van der Waals surface area contributed by atoms with E-state index in [2.05, 4.69) is 13.5 Å². The van der Waals surface area contributed by atoms with Gasteiger partial charge in [0.05, 0.1) is 5.41 Å². The molecule has 1 spiro atoms. The van der Waals surface area contributed by atoms with Crippen molar-refractivity contribution in [2.45, 2.75) is 84.2 Å². The van der Waals surface area contributed by atoms with E-state index in [1.165, 1.54) is 6.92 Å². The third kappa shape index (κ3) is 2.13. The number of esters is 1. The number of carbonyl (C=O) groups is 2. The first kappa shape index (κ1) is 18.1. The van der Waals surface area contributed by atoms with Crippen LogP contribution in [0.2, 0.25) is 0 Å². The largest absolute Gasteiger partial charge is 0.481 e. The first-order chi connectivity index (χ1) is 12.1. The lowest BCUT2D eigenvalue weighted by Gasteiger charge is -2.63. The Morgan fingerprint density at radius 1 is 1.12 bits per heavy atom. The number of fused-ring (bicyclic) bond motifs is 3. The van der Waals surface area contributed by atoms with Gasteiger partial charge < -0.3 is 9.84 Å². The molecular formula is C22H32O4. The van der Waals surface area contributed by atoms with Crippen LogP contribution in [0.5, 0.6) is 0 Å². The molecule has 144 valence electrons. The van der Waals surface area contributed by atoms with Gasteiger partial charge in [-0.3, -0.25) is 9.59 Å². The Labute approximate surface area is 156 Å². The Kier molecular flexibility index (Phi) is 3.72. The summed E-state index contributed by atoms with van der Waals surface area (Å²) >= 11 is 0. The lowest BCUT2D eigenvalue weighted by molar-refractivity contribution is -0.191. The molecule has 4 aliphatic carbocycles. The number of carboxylic acid groups (broad SMARTS) is 1. The lowest BCUT2D eigenvalue weighted by Crippen LogP contribution is -2.59. The second-order valence-corrected chi connectivity index (χ2v) is 10.2. The average Bonchev–Trinajstić information content (AvgIpc) is 2.72. The van der Waals surface area contributed by atoms with E-state index in [9.17, 15) is 14.7 Å². The molecule has 0 aliphatic heterocycles. The highest BCUT2D eigenvalue weighted by Gasteiger charge is 2.68. The summed E-state index contributed by atoms with van der Waals surface area (Å²) in [6, 6.07) is 0. The molecule has 4 heteroatoms. The SMILES string of the molecule is C=C1C[C@@]23CCC4[C@](C)(C(=O)O)CCC[C@@]4(C)[C@@H]2CC[C@]1(OC(C)=O)C3. The standard InChI is InChI=1S/C22H32O4/c1-14-12-21-10-6-16-19(3,8-5-9-20(16,4)18(24)25)17(21)7-11-22(14,13-21)26-15(2)23/h16-17H,1,5-13H2,2-4H3,(H,24,25)/t16?,17-,19+,20+,21+,22-/m0/s1. The smallest absolute Gasteiger partial charge is 0.309 e. The molecule has 4 saturated carbocycles. The van der Waals surface area contributed by atoms with Crippen molar-refractivity contribution in [3.05, 3.63) is 12.2 Å². The summed E-state index contributed by atoms with van der Waals surface area (Å²) in [4.78, 5) is 23.9. The molecule has 0 aromatic rings. The maximum atomic E-state index is 12.1. The minimum absolute atomic E-state index is 0.0661. The van der Waals surface area contributed by atoms with Crippen molar-refractivity contribution in [1.29, 1.82) is 0 Å². The first-order valence-corrected chi connectivity index (χ1v) is 10.2. The molecule has 1 unspecified atom stereocenters. The van der Waals surface area contributed by atoms with E-state index in [1.54, 1.807) is 0 Å². The fraction of sp³-hybridized carbons (Fsp3) is 0.818. The maximum absolute atomic E-state index is 12.1. The molecule has 0 heterocycles. The second kappa shape index (κ2) is 5.36. The number of aliphatic carboxylic acids is 1. The van der Waals surface area contributed by atoms with E-state index in [-0.39, 0.29) is 22.7 Å². The summed E-state index contributed by atoms with van der Waals surface area (Å²) in [7, 11) is 0. The second-order valence-electron chi connectivity index (χ2n) is 10.2. The van der Waals surface area contributed by atoms with Gasteiger partial charge in [0.25, 0.3) is 0 Å². The van der Waals surface area contributed by atoms with Gasteiger partial charge >= 0.3 is 11.9 Å². The molecule has 26 heavy (non-hydrogen) atoms. The minimum Gasteiger partial charge on any atom is -0.481 e. The molecule has 0 amide bonds. The zero-order valence-corrected chi connectivity index (χ0v) is 16.4. The van der Waals surface area contributed by atoms with E-state index >= 15 is 0 Å². The van der Waals surface area contributed by atoms with Gasteiger partial charge in [-0.05, 0) is 86.5 Å². The Morgan fingerprint density at radius 2 is 1.81 bits per heavy atom. The zero-order chi connectivity index (χ0) is 19.0. The molecule has 4 nitrogen and oxygen atoms in total. The van der Waals surface area contributed by atoms with Crippen molar-refractivity contribution in [3.8, 4) is 0 Å². The van der Waals surface area contributed by atoms with Crippen molar-refractivity contribution in [2.24, 2.45) is 28.1 Å². The van der Waals surface area contributed by atoms with Crippen LogP contribution < -0.4 is 0 Å². The number of hydrogen-bond donors (Lipinski definition) is 1. The van der Waals surface area contributed by atoms with Crippen LogP contribution in [-0.2, 0) is 14.3 Å². The Morgan fingerprint density at radius 3 is 2.46 bits per heavy atom. The van der Waals surface area contributed by atoms with Crippen molar-refractivity contribution in [1.82, 2.24) is 0 Å². The molecule has 2 bridgehead atoms.